The average Bonchev–Trinajstić information content (AvgIpc) is 2.81. The SMILES string of the molecule is O=C(NC1CC2CCN(CC2)C1)c1ccc(Sc2ccc(Cl)s2)cc1. The number of nitrogens with one attached hydrogen (secondary N) is 1. The summed E-state index contributed by atoms with van der Waals surface area (Å²) in [5.74, 6) is 0.823. The molecule has 2 aromatic rings. The summed E-state index contributed by atoms with van der Waals surface area (Å²) in [4.78, 5) is 16.2. The number of piperidine rings is 1. The first-order valence-corrected chi connectivity index (χ1v) is 10.7. The molecule has 3 aliphatic rings. The number of rotatable bonds is 4. The zero-order valence-electron chi connectivity index (χ0n) is 13.9. The lowest BCUT2D eigenvalue weighted by Crippen LogP contribution is -2.41. The van der Waals surface area contributed by atoms with Gasteiger partial charge in [0, 0.05) is 23.0 Å². The van der Waals surface area contributed by atoms with Crippen molar-refractivity contribution in [1.29, 1.82) is 0 Å². The van der Waals surface area contributed by atoms with E-state index in [1.807, 2.05) is 36.4 Å². The molecule has 2 bridgehead atoms. The molecule has 3 fully saturated rings. The summed E-state index contributed by atoms with van der Waals surface area (Å²) in [7, 11) is 0. The predicted molar refractivity (Wildman–Crippen MR) is 105 cm³/mol. The lowest BCUT2D eigenvalue weighted by molar-refractivity contribution is 0.0929. The summed E-state index contributed by atoms with van der Waals surface area (Å²) in [6, 6.07) is 12.1. The van der Waals surface area contributed by atoms with Gasteiger partial charge in [-0.15, -0.1) is 11.3 Å². The number of fused-ring (bicyclic) bond motifs is 4. The Morgan fingerprint density at radius 1 is 1.16 bits per heavy atom. The number of thiophene rings is 1. The Bertz CT molecular complexity index is 724. The van der Waals surface area contributed by atoms with Gasteiger partial charge in [0.1, 0.15) is 0 Å². The van der Waals surface area contributed by atoms with Crippen molar-refractivity contribution in [2.45, 2.75) is 34.4 Å². The molecule has 1 aromatic heterocycles. The van der Waals surface area contributed by atoms with Crippen LogP contribution in [0.4, 0.5) is 0 Å². The Morgan fingerprint density at radius 3 is 2.60 bits per heavy atom. The Hall–Kier alpha value is -1.01. The molecule has 6 heteroatoms. The van der Waals surface area contributed by atoms with Crippen molar-refractivity contribution < 1.29 is 4.79 Å². The Labute approximate surface area is 161 Å². The Balaban J connectivity index is 1.37. The molecule has 3 saturated heterocycles. The van der Waals surface area contributed by atoms with Crippen molar-refractivity contribution in [3.05, 3.63) is 46.3 Å². The topological polar surface area (TPSA) is 32.3 Å². The highest BCUT2D eigenvalue weighted by molar-refractivity contribution is 8.01. The van der Waals surface area contributed by atoms with Crippen LogP contribution >= 0.6 is 34.7 Å². The number of carbonyl (C=O) groups is 1. The quantitative estimate of drug-likeness (QED) is 0.813. The van der Waals surface area contributed by atoms with Crippen LogP contribution in [0.2, 0.25) is 4.34 Å². The number of nitrogens with zero attached hydrogens (tertiary/aromatic N) is 1. The van der Waals surface area contributed by atoms with E-state index in [4.69, 9.17) is 11.6 Å². The van der Waals surface area contributed by atoms with E-state index in [9.17, 15) is 4.79 Å². The van der Waals surface area contributed by atoms with Crippen LogP contribution in [0.15, 0.2) is 45.5 Å². The molecule has 1 amide bonds. The largest absolute Gasteiger partial charge is 0.348 e. The number of hydrogen-bond acceptors (Lipinski definition) is 4. The molecule has 1 aromatic carbocycles. The number of amides is 1. The highest BCUT2D eigenvalue weighted by atomic mass is 35.5. The van der Waals surface area contributed by atoms with Gasteiger partial charge >= 0.3 is 0 Å². The molecule has 0 aliphatic carbocycles. The number of benzene rings is 1. The van der Waals surface area contributed by atoms with E-state index in [2.05, 4.69) is 10.2 Å². The van der Waals surface area contributed by atoms with Gasteiger partial charge < -0.3 is 10.2 Å². The van der Waals surface area contributed by atoms with E-state index >= 15 is 0 Å². The standard InChI is InChI=1S/C19H21ClN2OS2/c20-17-5-6-18(25-17)24-16-3-1-14(2-4-16)19(23)21-15-11-13-7-9-22(12-15)10-8-13/h1-6,13,15H,7-12H2,(H,21,23). The van der Waals surface area contributed by atoms with E-state index in [1.54, 1.807) is 23.1 Å². The first kappa shape index (κ1) is 17.4. The maximum atomic E-state index is 12.6. The summed E-state index contributed by atoms with van der Waals surface area (Å²) in [5.41, 5.74) is 0.736. The normalized spacial score (nSPS) is 25.6. The van der Waals surface area contributed by atoms with Crippen molar-refractivity contribution in [2.75, 3.05) is 19.6 Å². The van der Waals surface area contributed by atoms with Gasteiger partial charge in [-0.05, 0) is 74.7 Å². The van der Waals surface area contributed by atoms with Gasteiger partial charge in [0.05, 0.1) is 8.55 Å². The lowest BCUT2D eigenvalue weighted by atomic mass is 9.94. The first-order chi connectivity index (χ1) is 12.2. The fraction of sp³-hybridized carbons (Fsp3) is 0.421. The molecule has 0 spiro atoms. The Morgan fingerprint density at radius 2 is 1.92 bits per heavy atom. The smallest absolute Gasteiger partial charge is 0.251 e. The van der Waals surface area contributed by atoms with Crippen LogP contribution < -0.4 is 5.32 Å². The highest BCUT2D eigenvalue weighted by Crippen LogP contribution is 2.35. The second-order valence-corrected chi connectivity index (χ2v) is 9.92. The molecule has 4 heterocycles. The number of carbonyl (C=O) groups excluding carboxylic acids is 1. The van der Waals surface area contributed by atoms with E-state index < -0.39 is 0 Å². The van der Waals surface area contributed by atoms with Gasteiger partial charge in [-0.3, -0.25) is 4.79 Å². The number of halogens is 1. The van der Waals surface area contributed by atoms with E-state index in [0.29, 0.717) is 0 Å². The molecule has 25 heavy (non-hydrogen) atoms. The van der Waals surface area contributed by atoms with Crippen molar-refractivity contribution in [2.24, 2.45) is 5.92 Å². The summed E-state index contributed by atoms with van der Waals surface area (Å²) in [6.07, 6.45) is 3.69. The maximum absolute atomic E-state index is 12.6. The third-order valence-electron chi connectivity index (χ3n) is 5.02. The van der Waals surface area contributed by atoms with Crippen molar-refractivity contribution in [1.82, 2.24) is 10.2 Å². The van der Waals surface area contributed by atoms with E-state index in [0.717, 1.165) is 37.9 Å². The molecule has 5 rings (SSSR count). The molecule has 0 radical (unpaired) electrons. The van der Waals surface area contributed by atoms with E-state index in [1.165, 1.54) is 25.9 Å². The monoisotopic (exact) mass is 392 g/mol. The molecule has 3 nitrogen and oxygen atoms in total. The summed E-state index contributed by atoms with van der Waals surface area (Å²) >= 11 is 9.21. The van der Waals surface area contributed by atoms with Gasteiger partial charge in [0.15, 0.2) is 0 Å². The molecular formula is C19H21ClN2OS2. The zero-order chi connectivity index (χ0) is 17.2. The van der Waals surface area contributed by atoms with Gasteiger partial charge in [-0.25, -0.2) is 0 Å². The third-order valence-corrected chi connectivity index (χ3v) is 7.39. The zero-order valence-corrected chi connectivity index (χ0v) is 16.3. The van der Waals surface area contributed by atoms with Gasteiger partial charge in [-0.1, -0.05) is 23.4 Å². The van der Waals surface area contributed by atoms with Crippen LogP contribution in [-0.2, 0) is 0 Å². The molecule has 3 aliphatic heterocycles. The first-order valence-electron chi connectivity index (χ1n) is 8.72. The van der Waals surface area contributed by atoms with Crippen LogP contribution in [-0.4, -0.2) is 36.5 Å². The van der Waals surface area contributed by atoms with Gasteiger partial charge in [0.25, 0.3) is 5.91 Å². The molecule has 1 N–H and O–H groups in total. The third kappa shape index (κ3) is 4.40. The molecule has 0 saturated carbocycles. The fourth-order valence-electron chi connectivity index (χ4n) is 3.71. The minimum atomic E-state index is 0.0446. The fourth-order valence-corrected chi connectivity index (χ4v) is 5.99. The van der Waals surface area contributed by atoms with Gasteiger partial charge in [0.2, 0.25) is 0 Å². The van der Waals surface area contributed by atoms with Crippen molar-refractivity contribution in [3.8, 4) is 0 Å². The van der Waals surface area contributed by atoms with Crippen LogP contribution in [0.1, 0.15) is 29.6 Å². The summed E-state index contributed by atoms with van der Waals surface area (Å²) in [6.45, 7) is 3.38. The van der Waals surface area contributed by atoms with Crippen LogP contribution in [0.25, 0.3) is 0 Å². The maximum Gasteiger partial charge on any atom is 0.251 e. The molecule has 132 valence electrons. The van der Waals surface area contributed by atoms with Crippen LogP contribution in [0, 0.1) is 5.92 Å². The van der Waals surface area contributed by atoms with Crippen LogP contribution in [0.5, 0.6) is 0 Å². The summed E-state index contributed by atoms with van der Waals surface area (Å²) < 4.78 is 1.96. The van der Waals surface area contributed by atoms with Crippen molar-refractivity contribution in [3.63, 3.8) is 0 Å². The minimum absolute atomic E-state index is 0.0446. The second kappa shape index (κ2) is 7.70. The minimum Gasteiger partial charge on any atom is -0.348 e. The van der Waals surface area contributed by atoms with Crippen LogP contribution in [0.3, 0.4) is 0 Å². The molecule has 1 atom stereocenters. The molecular weight excluding hydrogens is 372 g/mol. The van der Waals surface area contributed by atoms with E-state index in [-0.39, 0.29) is 11.9 Å². The predicted octanol–water partition coefficient (Wildman–Crippen LogP) is 4.77. The average molecular weight is 393 g/mol. The lowest BCUT2D eigenvalue weighted by Gasteiger charge is -2.26. The highest BCUT2D eigenvalue weighted by Gasteiger charge is 2.29. The summed E-state index contributed by atoms with van der Waals surface area (Å²) in [5, 5.41) is 3.25. The number of hydrogen-bond donors (Lipinski definition) is 1. The second-order valence-electron chi connectivity index (χ2n) is 6.84. The molecule has 1 unspecified atom stereocenters. The Kier molecular flexibility index (Phi) is 5.36. The van der Waals surface area contributed by atoms with Crippen molar-refractivity contribution >= 4 is 40.6 Å². The van der Waals surface area contributed by atoms with Gasteiger partial charge in [-0.2, -0.15) is 0 Å².